The molecule has 10 nitrogen and oxygen atoms in total. The van der Waals surface area contributed by atoms with E-state index in [0.29, 0.717) is 62.2 Å². The highest BCUT2D eigenvalue weighted by Gasteiger charge is 2.25. The Kier molecular flexibility index (Phi) is 7.71. The quantitative estimate of drug-likeness (QED) is 0.513. The van der Waals surface area contributed by atoms with E-state index in [9.17, 15) is 4.79 Å². The second-order valence-corrected chi connectivity index (χ2v) is 7.11. The SMILES string of the molecule is COc1c(OC2CCN(C(=O)O)CC2)ccnc1Nc1ccc(OCCCO)nc1C. The van der Waals surface area contributed by atoms with E-state index in [0.717, 1.165) is 11.4 Å². The summed E-state index contributed by atoms with van der Waals surface area (Å²) in [7, 11) is 1.55. The van der Waals surface area contributed by atoms with Crippen LogP contribution in [0.5, 0.6) is 17.4 Å². The summed E-state index contributed by atoms with van der Waals surface area (Å²) < 4.78 is 17.2. The maximum atomic E-state index is 11.1. The first-order chi connectivity index (χ1) is 15.0. The van der Waals surface area contributed by atoms with E-state index in [4.69, 9.17) is 24.4 Å². The first-order valence-electron chi connectivity index (χ1n) is 10.2. The highest BCUT2D eigenvalue weighted by atomic mass is 16.5. The third kappa shape index (κ3) is 5.88. The van der Waals surface area contributed by atoms with E-state index >= 15 is 0 Å². The summed E-state index contributed by atoms with van der Waals surface area (Å²) >= 11 is 0. The summed E-state index contributed by atoms with van der Waals surface area (Å²) in [5.41, 5.74) is 1.46. The van der Waals surface area contributed by atoms with Crippen molar-refractivity contribution in [2.24, 2.45) is 0 Å². The molecule has 0 atom stereocenters. The van der Waals surface area contributed by atoms with Crippen molar-refractivity contribution in [3.8, 4) is 17.4 Å². The maximum absolute atomic E-state index is 11.1. The van der Waals surface area contributed by atoms with E-state index < -0.39 is 6.09 Å². The van der Waals surface area contributed by atoms with Crippen LogP contribution in [0.15, 0.2) is 24.4 Å². The molecule has 3 rings (SSSR count). The number of ether oxygens (including phenoxy) is 3. The number of aryl methyl sites for hydroxylation is 1. The molecule has 0 unspecified atom stereocenters. The molecule has 10 heteroatoms. The van der Waals surface area contributed by atoms with Crippen molar-refractivity contribution in [3.05, 3.63) is 30.1 Å². The molecule has 0 bridgehead atoms. The van der Waals surface area contributed by atoms with Crippen LogP contribution >= 0.6 is 0 Å². The minimum Gasteiger partial charge on any atom is -0.490 e. The average molecular weight is 432 g/mol. The van der Waals surface area contributed by atoms with Gasteiger partial charge in [-0.05, 0) is 13.0 Å². The summed E-state index contributed by atoms with van der Waals surface area (Å²) in [6.45, 7) is 3.20. The van der Waals surface area contributed by atoms with Crippen molar-refractivity contribution in [2.45, 2.75) is 32.3 Å². The Bertz CT molecular complexity index is 886. The van der Waals surface area contributed by atoms with Gasteiger partial charge in [-0.2, -0.15) is 0 Å². The van der Waals surface area contributed by atoms with Crippen molar-refractivity contribution in [1.29, 1.82) is 0 Å². The molecule has 1 aliphatic rings. The van der Waals surface area contributed by atoms with Crippen LogP contribution in [0.3, 0.4) is 0 Å². The van der Waals surface area contributed by atoms with Crippen LogP contribution in [0.4, 0.5) is 16.3 Å². The predicted molar refractivity (Wildman–Crippen MR) is 113 cm³/mol. The molecule has 1 amide bonds. The third-order valence-corrected chi connectivity index (χ3v) is 4.94. The number of amides is 1. The number of pyridine rings is 2. The standard InChI is InChI=1S/C21H28N4O6/c1-14-16(4-5-18(23-14)30-13-3-12-26)24-20-19(29-2)17(6-9-22-20)31-15-7-10-25(11-8-15)21(27)28/h4-6,9,15,26H,3,7-8,10-13H2,1-2H3,(H,22,24)(H,27,28). The highest BCUT2D eigenvalue weighted by Crippen LogP contribution is 2.37. The van der Waals surface area contributed by atoms with E-state index in [1.807, 2.05) is 13.0 Å². The number of aliphatic hydroxyl groups is 1. The Morgan fingerprint density at radius 2 is 2.06 bits per heavy atom. The van der Waals surface area contributed by atoms with Gasteiger partial charge in [0.1, 0.15) is 6.10 Å². The zero-order chi connectivity index (χ0) is 22.2. The molecule has 0 saturated carbocycles. The zero-order valence-corrected chi connectivity index (χ0v) is 17.7. The summed E-state index contributed by atoms with van der Waals surface area (Å²) in [6, 6.07) is 5.32. The zero-order valence-electron chi connectivity index (χ0n) is 17.7. The maximum Gasteiger partial charge on any atom is 0.407 e. The van der Waals surface area contributed by atoms with Gasteiger partial charge < -0.3 is 34.6 Å². The lowest BCUT2D eigenvalue weighted by atomic mass is 10.1. The van der Waals surface area contributed by atoms with Gasteiger partial charge in [0.05, 0.1) is 25.1 Å². The molecule has 0 radical (unpaired) electrons. The summed E-state index contributed by atoms with van der Waals surface area (Å²) in [5, 5.41) is 21.2. The van der Waals surface area contributed by atoms with Gasteiger partial charge >= 0.3 is 6.09 Å². The second kappa shape index (κ2) is 10.7. The van der Waals surface area contributed by atoms with Crippen LogP contribution in [0, 0.1) is 6.92 Å². The number of methoxy groups -OCH3 is 1. The van der Waals surface area contributed by atoms with Crippen LogP contribution in [-0.2, 0) is 0 Å². The van der Waals surface area contributed by atoms with Gasteiger partial charge in [-0.15, -0.1) is 0 Å². The molecular weight excluding hydrogens is 404 g/mol. The van der Waals surface area contributed by atoms with Crippen LogP contribution in [-0.4, -0.2) is 70.7 Å². The van der Waals surface area contributed by atoms with Crippen molar-refractivity contribution >= 4 is 17.6 Å². The number of hydrogen-bond donors (Lipinski definition) is 3. The first kappa shape index (κ1) is 22.4. The largest absolute Gasteiger partial charge is 0.490 e. The second-order valence-electron chi connectivity index (χ2n) is 7.11. The van der Waals surface area contributed by atoms with E-state index in [2.05, 4.69) is 15.3 Å². The number of likely N-dealkylation sites (tertiary alicyclic amines) is 1. The molecule has 1 aliphatic heterocycles. The number of anilines is 2. The number of carbonyl (C=O) groups is 1. The molecule has 1 saturated heterocycles. The Morgan fingerprint density at radius 3 is 2.71 bits per heavy atom. The summed E-state index contributed by atoms with van der Waals surface area (Å²) in [4.78, 5) is 21.3. The molecule has 31 heavy (non-hydrogen) atoms. The van der Waals surface area contributed by atoms with Crippen LogP contribution < -0.4 is 19.5 Å². The Balaban J connectivity index is 1.69. The molecular formula is C21H28N4O6. The number of piperidine rings is 1. The fourth-order valence-electron chi connectivity index (χ4n) is 3.27. The monoisotopic (exact) mass is 432 g/mol. The molecule has 1 fully saturated rings. The summed E-state index contributed by atoms with van der Waals surface area (Å²) in [5.74, 6) is 1.98. The van der Waals surface area contributed by atoms with Crippen LogP contribution in [0.2, 0.25) is 0 Å². The van der Waals surface area contributed by atoms with Crippen molar-refractivity contribution < 1.29 is 29.2 Å². The van der Waals surface area contributed by atoms with Gasteiger partial charge in [0, 0.05) is 57.3 Å². The lowest BCUT2D eigenvalue weighted by Crippen LogP contribution is -2.41. The van der Waals surface area contributed by atoms with Gasteiger partial charge in [-0.25, -0.2) is 14.8 Å². The number of rotatable bonds is 9. The van der Waals surface area contributed by atoms with Gasteiger partial charge in [0.2, 0.25) is 11.6 Å². The number of nitrogens with zero attached hydrogens (tertiary/aromatic N) is 3. The lowest BCUT2D eigenvalue weighted by Gasteiger charge is -2.30. The Morgan fingerprint density at radius 1 is 1.29 bits per heavy atom. The third-order valence-electron chi connectivity index (χ3n) is 4.94. The van der Waals surface area contributed by atoms with E-state index in [1.165, 1.54) is 4.90 Å². The predicted octanol–water partition coefficient (Wildman–Crippen LogP) is 2.82. The smallest absolute Gasteiger partial charge is 0.407 e. The fraction of sp³-hybridized carbons (Fsp3) is 0.476. The Hall–Kier alpha value is -3.27. The van der Waals surface area contributed by atoms with Gasteiger partial charge in [0.25, 0.3) is 0 Å². The molecule has 0 aliphatic carbocycles. The Labute approximate surface area is 180 Å². The number of aromatic nitrogens is 2. The number of carboxylic acid groups (broad SMARTS) is 1. The molecule has 0 aromatic carbocycles. The molecule has 3 N–H and O–H groups in total. The minimum absolute atomic E-state index is 0.0706. The van der Waals surface area contributed by atoms with Gasteiger partial charge in [-0.1, -0.05) is 0 Å². The lowest BCUT2D eigenvalue weighted by molar-refractivity contribution is 0.0878. The highest BCUT2D eigenvalue weighted by molar-refractivity contribution is 5.67. The van der Waals surface area contributed by atoms with E-state index in [1.54, 1.807) is 25.4 Å². The topological polar surface area (TPSA) is 126 Å². The minimum atomic E-state index is -0.903. The van der Waals surface area contributed by atoms with E-state index in [-0.39, 0.29) is 12.7 Å². The molecule has 3 heterocycles. The van der Waals surface area contributed by atoms with Gasteiger partial charge in [-0.3, -0.25) is 0 Å². The molecule has 2 aromatic rings. The average Bonchev–Trinajstić information content (AvgIpc) is 2.76. The first-order valence-corrected chi connectivity index (χ1v) is 10.2. The molecule has 2 aromatic heterocycles. The van der Waals surface area contributed by atoms with Crippen molar-refractivity contribution in [3.63, 3.8) is 0 Å². The van der Waals surface area contributed by atoms with Gasteiger partial charge in [0.15, 0.2) is 11.6 Å². The van der Waals surface area contributed by atoms with Crippen LogP contribution in [0.1, 0.15) is 25.0 Å². The molecule has 0 spiro atoms. The number of hydrogen-bond acceptors (Lipinski definition) is 8. The molecule has 168 valence electrons. The van der Waals surface area contributed by atoms with Crippen molar-refractivity contribution in [1.82, 2.24) is 14.9 Å². The fourth-order valence-corrected chi connectivity index (χ4v) is 3.27. The normalized spacial score (nSPS) is 14.2. The number of nitrogens with one attached hydrogen (secondary N) is 1. The van der Waals surface area contributed by atoms with Crippen molar-refractivity contribution in [2.75, 3.05) is 38.7 Å². The number of aliphatic hydroxyl groups excluding tert-OH is 1. The summed E-state index contributed by atoms with van der Waals surface area (Å²) in [6.07, 6.45) is 2.40. The van der Waals surface area contributed by atoms with Crippen LogP contribution in [0.25, 0.3) is 0 Å².